The number of fused-ring (bicyclic) bond motifs is 1. The minimum absolute atomic E-state index is 0.274. The van der Waals surface area contributed by atoms with Gasteiger partial charge < -0.3 is 20.1 Å². The van der Waals surface area contributed by atoms with Crippen molar-refractivity contribution in [1.82, 2.24) is 5.32 Å². The molecule has 2 aromatic rings. The first-order chi connectivity index (χ1) is 13.1. The number of amides is 2. The minimum atomic E-state index is -0.455. The van der Waals surface area contributed by atoms with Gasteiger partial charge in [0.25, 0.3) is 0 Å². The maximum absolute atomic E-state index is 13.3. The number of carbonyl (C=O) groups excluding carboxylic acids is 1. The molecule has 142 valence electrons. The molecule has 1 aliphatic carbocycles. The third kappa shape index (κ3) is 3.84. The lowest BCUT2D eigenvalue weighted by Crippen LogP contribution is -2.45. The maximum Gasteiger partial charge on any atom is 0.319 e. The summed E-state index contributed by atoms with van der Waals surface area (Å²) in [5.74, 6) is 1.06. The Kier molecular flexibility index (Phi) is 4.88. The van der Waals surface area contributed by atoms with Crippen molar-refractivity contribution in [2.24, 2.45) is 0 Å². The second-order valence-corrected chi connectivity index (χ2v) is 7.09. The molecular formula is C21H23FN2O3. The Balaban J connectivity index is 1.49. The summed E-state index contributed by atoms with van der Waals surface area (Å²) in [5, 5.41) is 6.01. The van der Waals surface area contributed by atoms with Gasteiger partial charge in [0, 0.05) is 18.2 Å². The second-order valence-electron chi connectivity index (χ2n) is 7.09. The highest BCUT2D eigenvalue weighted by atomic mass is 19.1. The summed E-state index contributed by atoms with van der Waals surface area (Å²) >= 11 is 0. The highest BCUT2D eigenvalue weighted by Gasteiger charge is 2.37. The number of benzene rings is 2. The Morgan fingerprint density at radius 3 is 2.37 bits per heavy atom. The van der Waals surface area contributed by atoms with Gasteiger partial charge in [-0.25, -0.2) is 9.18 Å². The lowest BCUT2D eigenvalue weighted by Gasteiger charge is -2.31. The zero-order valence-corrected chi connectivity index (χ0v) is 15.1. The molecule has 2 aliphatic rings. The van der Waals surface area contributed by atoms with Crippen molar-refractivity contribution < 1.29 is 18.7 Å². The van der Waals surface area contributed by atoms with Gasteiger partial charge >= 0.3 is 6.03 Å². The monoisotopic (exact) mass is 370 g/mol. The fourth-order valence-electron chi connectivity index (χ4n) is 3.85. The van der Waals surface area contributed by atoms with Gasteiger partial charge in [-0.3, -0.25) is 0 Å². The van der Waals surface area contributed by atoms with Crippen LogP contribution in [0, 0.1) is 5.82 Å². The van der Waals surface area contributed by atoms with Crippen molar-refractivity contribution in [2.75, 3.05) is 18.5 Å². The molecule has 0 unspecified atom stereocenters. The smallest absolute Gasteiger partial charge is 0.319 e. The molecule has 0 aromatic heterocycles. The van der Waals surface area contributed by atoms with E-state index < -0.39 is 5.54 Å². The topological polar surface area (TPSA) is 59.6 Å². The molecule has 0 bridgehead atoms. The Morgan fingerprint density at radius 1 is 0.926 bits per heavy atom. The van der Waals surface area contributed by atoms with Gasteiger partial charge in [-0.1, -0.05) is 25.0 Å². The third-order valence-electron chi connectivity index (χ3n) is 5.21. The van der Waals surface area contributed by atoms with Crippen LogP contribution in [0.15, 0.2) is 42.5 Å². The van der Waals surface area contributed by atoms with Crippen LogP contribution < -0.4 is 20.1 Å². The van der Waals surface area contributed by atoms with Crippen molar-refractivity contribution in [1.29, 1.82) is 0 Å². The maximum atomic E-state index is 13.3. The highest BCUT2D eigenvalue weighted by molar-refractivity contribution is 5.90. The SMILES string of the molecule is O=C(Nc1ccc2c(c1)OCCCO2)NC1(c2ccc(F)cc2)CCCC1. The normalized spacial score (nSPS) is 17.8. The largest absolute Gasteiger partial charge is 0.490 e. The van der Waals surface area contributed by atoms with E-state index in [2.05, 4.69) is 10.6 Å². The lowest BCUT2D eigenvalue weighted by molar-refractivity contribution is 0.236. The van der Waals surface area contributed by atoms with Gasteiger partial charge in [0.05, 0.1) is 18.8 Å². The number of hydrogen-bond acceptors (Lipinski definition) is 3. The van der Waals surface area contributed by atoms with E-state index in [1.54, 1.807) is 24.3 Å². The van der Waals surface area contributed by atoms with E-state index in [0.717, 1.165) is 37.7 Å². The molecule has 27 heavy (non-hydrogen) atoms. The third-order valence-corrected chi connectivity index (χ3v) is 5.21. The fraction of sp³-hybridized carbons (Fsp3) is 0.381. The van der Waals surface area contributed by atoms with Crippen LogP contribution in [-0.4, -0.2) is 19.2 Å². The molecule has 4 rings (SSSR count). The summed E-state index contributed by atoms with van der Waals surface area (Å²) < 4.78 is 24.6. The van der Waals surface area contributed by atoms with E-state index in [9.17, 15) is 9.18 Å². The molecule has 2 N–H and O–H groups in total. The number of anilines is 1. The van der Waals surface area contributed by atoms with Crippen molar-refractivity contribution in [3.8, 4) is 11.5 Å². The molecule has 1 aliphatic heterocycles. The van der Waals surface area contributed by atoms with Crippen molar-refractivity contribution in [3.05, 3.63) is 53.8 Å². The summed E-state index contributed by atoms with van der Waals surface area (Å²) in [6.45, 7) is 1.22. The van der Waals surface area contributed by atoms with Gasteiger partial charge in [-0.2, -0.15) is 0 Å². The molecule has 2 aromatic carbocycles. The van der Waals surface area contributed by atoms with Crippen LogP contribution in [0.4, 0.5) is 14.9 Å². The van der Waals surface area contributed by atoms with E-state index in [1.807, 2.05) is 6.07 Å². The van der Waals surface area contributed by atoms with Crippen LogP contribution in [0.2, 0.25) is 0 Å². The standard InChI is InChI=1S/C21H23FN2O3/c22-16-6-4-15(5-7-16)21(10-1-2-11-21)24-20(25)23-17-8-9-18-19(14-17)27-13-3-12-26-18/h4-9,14H,1-3,10-13H2,(H2,23,24,25). The van der Waals surface area contributed by atoms with Crippen LogP contribution in [0.5, 0.6) is 11.5 Å². The number of carbonyl (C=O) groups is 1. The van der Waals surface area contributed by atoms with Gasteiger partial charge in [0.2, 0.25) is 0 Å². The number of rotatable bonds is 3. The fourth-order valence-corrected chi connectivity index (χ4v) is 3.85. The summed E-state index contributed by atoms with van der Waals surface area (Å²) in [5.41, 5.74) is 1.13. The molecule has 0 spiro atoms. The molecule has 0 radical (unpaired) electrons. The van der Waals surface area contributed by atoms with Crippen LogP contribution in [0.25, 0.3) is 0 Å². The van der Waals surface area contributed by atoms with Crippen LogP contribution in [0.1, 0.15) is 37.7 Å². The van der Waals surface area contributed by atoms with Gasteiger partial charge in [-0.15, -0.1) is 0 Å². The van der Waals surface area contributed by atoms with Crippen molar-refractivity contribution >= 4 is 11.7 Å². The van der Waals surface area contributed by atoms with Crippen LogP contribution in [-0.2, 0) is 5.54 Å². The average molecular weight is 370 g/mol. The Hall–Kier alpha value is -2.76. The van der Waals surface area contributed by atoms with Gasteiger partial charge in [0.15, 0.2) is 11.5 Å². The Labute approximate surface area is 157 Å². The number of ether oxygens (including phenoxy) is 2. The van der Waals surface area contributed by atoms with E-state index in [-0.39, 0.29) is 11.8 Å². The number of nitrogens with one attached hydrogen (secondary N) is 2. The molecule has 2 amide bonds. The molecule has 1 fully saturated rings. The Bertz CT molecular complexity index is 817. The first-order valence-corrected chi connectivity index (χ1v) is 9.40. The molecule has 5 nitrogen and oxygen atoms in total. The van der Waals surface area contributed by atoms with Crippen molar-refractivity contribution in [3.63, 3.8) is 0 Å². The van der Waals surface area contributed by atoms with E-state index in [0.29, 0.717) is 30.4 Å². The van der Waals surface area contributed by atoms with Gasteiger partial charge in [-0.05, 0) is 42.7 Å². The summed E-state index contributed by atoms with van der Waals surface area (Å²) in [7, 11) is 0. The first-order valence-electron chi connectivity index (χ1n) is 9.40. The lowest BCUT2D eigenvalue weighted by atomic mass is 9.88. The quantitative estimate of drug-likeness (QED) is 0.832. The van der Waals surface area contributed by atoms with E-state index >= 15 is 0 Å². The molecule has 1 heterocycles. The first kappa shape index (κ1) is 17.6. The number of hydrogen-bond donors (Lipinski definition) is 2. The zero-order chi connectivity index (χ0) is 18.7. The average Bonchev–Trinajstić information content (AvgIpc) is 3.00. The molecule has 1 saturated carbocycles. The number of halogens is 1. The predicted molar refractivity (Wildman–Crippen MR) is 101 cm³/mol. The summed E-state index contributed by atoms with van der Waals surface area (Å²) in [4.78, 5) is 12.7. The Morgan fingerprint density at radius 2 is 1.63 bits per heavy atom. The molecular weight excluding hydrogens is 347 g/mol. The van der Waals surface area contributed by atoms with Crippen molar-refractivity contribution in [2.45, 2.75) is 37.6 Å². The number of urea groups is 1. The van der Waals surface area contributed by atoms with E-state index in [1.165, 1.54) is 12.1 Å². The summed E-state index contributed by atoms with van der Waals surface area (Å²) in [6, 6.07) is 11.5. The predicted octanol–water partition coefficient (Wildman–Crippen LogP) is 4.58. The van der Waals surface area contributed by atoms with Crippen LogP contribution in [0.3, 0.4) is 0 Å². The minimum Gasteiger partial charge on any atom is -0.490 e. The zero-order valence-electron chi connectivity index (χ0n) is 15.1. The molecule has 6 heteroatoms. The van der Waals surface area contributed by atoms with Crippen LogP contribution >= 0.6 is 0 Å². The molecule has 0 saturated heterocycles. The summed E-state index contributed by atoms with van der Waals surface area (Å²) in [6.07, 6.45) is 4.57. The molecule has 0 atom stereocenters. The van der Waals surface area contributed by atoms with E-state index in [4.69, 9.17) is 9.47 Å². The second kappa shape index (κ2) is 7.47. The van der Waals surface area contributed by atoms with Gasteiger partial charge in [0.1, 0.15) is 5.82 Å². The highest BCUT2D eigenvalue weighted by Crippen LogP contribution is 2.39.